The normalized spacial score (nSPS) is 12.8. The van der Waals surface area contributed by atoms with Crippen LogP contribution in [-0.4, -0.2) is 14.2 Å². The lowest BCUT2D eigenvalue weighted by molar-refractivity contribution is 0.689. The number of aromatic nitrogens is 2. The van der Waals surface area contributed by atoms with Gasteiger partial charge in [0.05, 0.1) is 0 Å². The molecular formula is C4H3ClN2O3S. The third-order valence-corrected chi connectivity index (χ3v) is 2.11. The molecule has 11 heavy (non-hydrogen) atoms. The third-order valence-electron chi connectivity index (χ3n) is 0.958. The Balaban J connectivity index is 3.43. The summed E-state index contributed by atoms with van der Waals surface area (Å²) in [5.41, 5.74) is -1.39. The molecule has 0 amide bonds. The van der Waals surface area contributed by atoms with E-state index in [0.29, 0.717) is 0 Å². The van der Waals surface area contributed by atoms with E-state index in [1.807, 2.05) is 4.98 Å². The average Bonchev–Trinajstić information content (AvgIpc) is 1.85. The monoisotopic (exact) mass is 194 g/mol. The molecule has 0 fully saturated rings. The smallest absolute Gasteiger partial charge is 0.313 e. The zero-order valence-electron chi connectivity index (χ0n) is 5.09. The van der Waals surface area contributed by atoms with Gasteiger partial charge < -0.3 is 4.98 Å². The molecule has 5 nitrogen and oxygen atoms in total. The van der Waals surface area contributed by atoms with Gasteiger partial charge in [-0.15, -0.1) is 0 Å². The third kappa shape index (κ3) is 1.78. The van der Waals surface area contributed by atoms with Gasteiger partial charge in [0.25, 0.3) is 5.56 Å². The second kappa shape index (κ2) is 3.02. The van der Waals surface area contributed by atoms with E-state index in [0.717, 1.165) is 6.20 Å². The summed E-state index contributed by atoms with van der Waals surface area (Å²) in [6.07, 6.45) is 1.02. The molecule has 1 unspecified atom stereocenters. The number of hydrogen-bond donors (Lipinski definition) is 2. The van der Waals surface area contributed by atoms with Crippen LogP contribution < -0.4 is 11.2 Å². The largest absolute Gasteiger partial charge is 0.325 e. The molecule has 0 aliphatic heterocycles. The number of H-pyrrole nitrogens is 2. The summed E-state index contributed by atoms with van der Waals surface area (Å²) >= 11 is 0. The van der Waals surface area contributed by atoms with Gasteiger partial charge >= 0.3 is 5.69 Å². The summed E-state index contributed by atoms with van der Waals surface area (Å²) in [5, 5.41) is 0. The molecule has 7 heteroatoms. The molecule has 1 aromatic heterocycles. The Morgan fingerprint density at radius 1 is 1.45 bits per heavy atom. The molecule has 1 aromatic rings. The van der Waals surface area contributed by atoms with Gasteiger partial charge in [-0.1, -0.05) is 0 Å². The van der Waals surface area contributed by atoms with Crippen LogP contribution in [0.1, 0.15) is 0 Å². The van der Waals surface area contributed by atoms with Gasteiger partial charge in [-0.3, -0.25) is 9.78 Å². The lowest BCUT2D eigenvalue weighted by Gasteiger charge is -1.88. The maximum Gasteiger partial charge on any atom is 0.325 e. The van der Waals surface area contributed by atoms with Crippen molar-refractivity contribution in [2.45, 2.75) is 4.90 Å². The molecule has 60 valence electrons. The Morgan fingerprint density at radius 3 is 2.55 bits per heavy atom. The highest BCUT2D eigenvalue weighted by Crippen LogP contribution is 1.98. The molecule has 1 rings (SSSR count). The lowest BCUT2D eigenvalue weighted by Crippen LogP contribution is -2.23. The molecule has 0 radical (unpaired) electrons. The van der Waals surface area contributed by atoms with Crippen LogP contribution in [-0.2, 0) is 10.0 Å². The summed E-state index contributed by atoms with van der Waals surface area (Å²) in [5.74, 6) is 0. The van der Waals surface area contributed by atoms with E-state index in [4.69, 9.17) is 10.7 Å². The highest BCUT2D eigenvalue weighted by molar-refractivity contribution is 8.08. The first kappa shape index (κ1) is 8.22. The molecule has 1 heterocycles. The number of hydrogen-bond acceptors (Lipinski definition) is 3. The Labute approximate surface area is 67.4 Å². The molecule has 0 aliphatic carbocycles. The summed E-state index contributed by atoms with van der Waals surface area (Å²) in [6, 6.07) is 0. The summed E-state index contributed by atoms with van der Waals surface area (Å²) in [6.45, 7) is 0. The number of halogens is 1. The molecule has 0 saturated heterocycles. The fourth-order valence-electron chi connectivity index (χ4n) is 0.517. The molecule has 0 aromatic carbocycles. The fourth-order valence-corrected chi connectivity index (χ4v) is 1.21. The standard InChI is InChI=1S/C4H3ClN2O3S/c5-11(10)2-1-6-4(9)7-3(2)8/h1H,(H2,6,7,8,9). The molecule has 0 spiro atoms. The predicted molar refractivity (Wildman–Crippen MR) is 39.9 cm³/mol. The SMILES string of the molecule is O=c1[nH]cc(S(=O)Cl)c(=O)[nH]1. The maximum atomic E-state index is 10.7. The molecular weight excluding hydrogens is 192 g/mol. The predicted octanol–water partition coefficient (Wildman–Crippen LogP) is -0.675. The van der Waals surface area contributed by atoms with Gasteiger partial charge in [-0.05, 0) is 10.7 Å². The number of aromatic amines is 2. The van der Waals surface area contributed by atoms with Crippen LogP contribution in [0, 0.1) is 0 Å². The van der Waals surface area contributed by atoms with Crippen LogP contribution in [0.2, 0.25) is 0 Å². The summed E-state index contributed by atoms with van der Waals surface area (Å²) in [7, 11) is 3.20. The Bertz CT molecular complexity index is 395. The van der Waals surface area contributed by atoms with Crippen LogP contribution in [0.3, 0.4) is 0 Å². The molecule has 1 atom stereocenters. The van der Waals surface area contributed by atoms with Gasteiger partial charge in [0.1, 0.15) is 4.90 Å². The molecule has 0 bridgehead atoms. The minimum absolute atomic E-state index is 0.161. The summed E-state index contributed by atoms with van der Waals surface area (Å²) in [4.78, 5) is 25.0. The maximum absolute atomic E-state index is 10.7. The van der Waals surface area contributed by atoms with Crippen molar-refractivity contribution in [1.82, 2.24) is 9.97 Å². The molecule has 0 aliphatic rings. The molecule has 2 N–H and O–H groups in total. The van der Waals surface area contributed by atoms with Crippen molar-refractivity contribution in [3.05, 3.63) is 27.0 Å². The van der Waals surface area contributed by atoms with Crippen molar-refractivity contribution in [2.75, 3.05) is 0 Å². The molecule has 0 saturated carbocycles. The number of rotatable bonds is 1. The minimum Gasteiger partial charge on any atom is -0.313 e. The van der Waals surface area contributed by atoms with Crippen molar-refractivity contribution < 1.29 is 4.21 Å². The minimum atomic E-state index is -1.89. The fraction of sp³-hybridized carbons (Fsp3) is 0. The second-order valence-electron chi connectivity index (χ2n) is 1.66. The van der Waals surface area contributed by atoms with Gasteiger partial charge in [0.15, 0.2) is 10.0 Å². The Morgan fingerprint density at radius 2 is 2.09 bits per heavy atom. The van der Waals surface area contributed by atoms with E-state index in [-0.39, 0.29) is 4.90 Å². The Kier molecular flexibility index (Phi) is 2.25. The van der Waals surface area contributed by atoms with Gasteiger partial charge in [-0.2, -0.15) is 0 Å². The highest BCUT2D eigenvalue weighted by Gasteiger charge is 2.04. The first-order valence-corrected chi connectivity index (χ1v) is 4.49. The van der Waals surface area contributed by atoms with E-state index in [1.165, 1.54) is 0 Å². The van der Waals surface area contributed by atoms with Crippen molar-refractivity contribution in [2.24, 2.45) is 0 Å². The van der Waals surface area contributed by atoms with Crippen molar-refractivity contribution in [3.8, 4) is 0 Å². The average molecular weight is 195 g/mol. The van der Waals surface area contributed by atoms with Gasteiger partial charge in [0.2, 0.25) is 0 Å². The van der Waals surface area contributed by atoms with E-state index in [1.54, 1.807) is 0 Å². The van der Waals surface area contributed by atoms with Gasteiger partial charge in [0, 0.05) is 6.20 Å². The first-order chi connectivity index (χ1) is 5.11. The quantitative estimate of drug-likeness (QED) is 0.582. The first-order valence-electron chi connectivity index (χ1n) is 2.51. The van der Waals surface area contributed by atoms with Crippen LogP contribution in [0.5, 0.6) is 0 Å². The van der Waals surface area contributed by atoms with Gasteiger partial charge in [-0.25, -0.2) is 9.00 Å². The van der Waals surface area contributed by atoms with Crippen LogP contribution in [0.4, 0.5) is 0 Å². The van der Waals surface area contributed by atoms with E-state index in [9.17, 15) is 13.8 Å². The lowest BCUT2D eigenvalue weighted by atomic mass is 10.7. The second-order valence-corrected chi connectivity index (χ2v) is 3.39. The highest BCUT2D eigenvalue weighted by atomic mass is 35.7. The van der Waals surface area contributed by atoms with Crippen LogP contribution in [0.15, 0.2) is 20.7 Å². The van der Waals surface area contributed by atoms with Crippen LogP contribution in [0.25, 0.3) is 0 Å². The topological polar surface area (TPSA) is 82.8 Å². The van der Waals surface area contributed by atoms with Crippen LogP contribution >= 0.6 is 10.7 Å². The van der Waals surface area contributed by atoms with Crippen molar-refractivity contribution >= 4 is 20.7 Å². The zero-order valence-corrected chi connectivity index (χ0v) is 6.66. The van der Waals surface area contributed by atoms with E-state index < -0.39 is 21.3 Å². The van der Waals surface area contributed by atoms with Crippen molar-refractivity contribution in [3.63, 3.8) is 0 Å². The van der Waals surface area contributed by atoms with E-state index >= 15 is 0 Å². The van der Waals surface area contributed by atoms with Crippen molar-refractivity contribution in [1.29, 1.82) is 0 Å². The summed E-state index contributed by atoms with van der Waals surface area (Å²) < 4.78 is 10.5. The Hall–Kier alpha value is -0.880. The van der Waals surface area contributed by atoms with E-state index in [2.05, 4.69) is 4.98 Å². The number of nitrogens with one attached hydrogen (secondary N) is 2. The zero-order chi connectivity index (χ0) is 8.43.